The Hall–Kier alpha value is -0.340. The van der Waals surface area contributed by atoms with Crippen molar-refractivity contribution in [3.63, 3.8) is 0 Å². The van der Waals surface area contributed by atoms with Gasteiger partial charge >= 0.3 is 0 Å². The van der Waals surface area contributed by atoms with Crippen molar-refractivity contribution in [3.8, 4) is 0 Å². The Balaban J connectivity index is 1.42. The number of fused-ring (bicyclic) bond motifs is 2. The highest BCUT2D eigenvalue weighted by molar-refractivity contribution is 5.10. The Morgan fingerprint density at radius 2 is 1.83 bits per heavy atom. The number of allylic oxidation sites excluding steroid dienone is 2. The molecule has 3 aliphatic carbocycles. The zero-order valence-corrected chi connectivity index (χ0v) is 11.4. The predicted octanol–water partition coefficient (Wildman–Crippen LogP) is 2.87. The van der Waals surface area contributed by atoms with Gasteiger partial charge in [0.2, 0.25) is 0 Å². The SMILES string of the molecule is OC1(CNCC2CC3C=CC2C3)CCCCCC1. The molecular formula is C16H27NO. The van der Waals surface area contributed by atoms with Crippen LogP contribution in [0.5, 0.6) is 0 Å². The fourth-order valence-electron chi connectivity index (χ4n) is 4.18. The van der Waals surface area contributed by atoms with Gasteiger partial charge in [0.25, 0.3) is 0 Å². The van der Waals surface area contributed by atoms with E-state index in [0.717, 1.165) is 43.7 Å². The first-order valence-electron chi connectivity index (χ1n) is 7.87. The first-order chi connectivity index (χ1) is 8.75. The smallest absolute Gasteiger partial charge is 0.0771 e. The zero-order valence-electron chi connectivity index (χ0n) is 11.4. The van der Waals surface area contributed by atoms with E-state index >= 15 is 0 Å². The second kappa shape index (κ2) is 5.34. The molecule has 2 fully saturated rings. The van der Waals surface area contributed by atoms with Crippen molar-refractivity contribution in [2.45, 2.75) is 57.0 Å². The maximum Gasteiger partial charge on any atom is 0.0771 e. The topological polar surface area (TPSA) is 32.3 Å². The van der Waals surface area contributed by atoms with Gasteiger partial charge in [0, 0.05) is 6.54 Å². The van der Waals surface area contributed by atoms with Gasteiger partial charge in [0.15, 0.2) is 0 Å². The monoisotopic (exact) mass is 249 g/mol. The minimum absolute atomic E-state index is 0.413. The highest BCUT2D eigenvalue weighted by Crippen LogP contribution is 2.43. The first-order valence-corrected chi connectivity index (χ1v) is 7.87. The van der Waals surface area contributed by atoms with E-state index in [1.54, 1.807) is 0 Å². The van der Waals surface area contributed by atoms with Crippen LogP contribution in [0.4, 0.5) is 0 Å². The fraction of sp³-hybridized carbons (Fsp3) is 0.875. The highest BCUT2D eigenvalue weighted by atomic mass is 16.3. The van der Waals surface area contributed by atoms with Crippen molar-refractivity contribution >= 4 is 0 Å². The van der Waals surface area contributed by atoms with Gasteiger partial charge in [-0.25, -0.2) is 0 Å². The van der Waals surface area contributed by atoms with E-state index in [2.05, 4.69) is 17.5 Å². The molecule has 2 saturated carbocycles. The molecule has 3 atom stereocenters. The molecule has 3 unspecified atom stereocenters. The lowest BCUT2D eigenvalue weighted by Crippen LogP contribution is -2.42. The summed E-state index contributed by atoms with van der Waals surface area (Å²) in [5.41, 5.74) is -0.413. The number of hydrogen-bond donors (Lipinski definition) is 2. The van der Waals surface area contributed by atoms with E-state index < -0.39 is 5.60 Å². The van der Waals surface area contributed by atoms with Gasteiger partial charge in [-0.3, -0.25) is 0 Å². The summed E-state index contributed by atoms with van der Waals surface area (Å²) < 4.78 is 0. The standard InChI is InChI=1S/C16H27NO/c18-16(7-3-1-2-4-8-16)12-17-11-15-10-13-5-6-14(15)9-13/h5-6,13-15,17-18H,1-4,7-12H2. The molecular weight excluding hydrogens is 222 g/mol. The molecule has 0 heterocycles. The average Bonchev–Trinajstić information content (AvgIpc) is 2.90. The molecule has 0 amide bonds. The van der Waals surface area contributed by atoms with Gasteiger partial charge in [0.1, 0.15) is 0 Å². The second-order valence-corrected chi connectivity index (χ2v) is 6.81. The molecule has 2 N–H and O–H groups in total. The van der Waals surface area contributed by atoms with Crippen LogP contribution in [0.15, 0.2) is 12.2 Å². The van der Waals surface area contributed by atoms with Crippen LogP contribution in [0.3, 0.4) is 0 Å². The minimum Gasteiger partial charge on any atom is -0.389 e. The van der Waals surface area contributed by atoms with E-state index in [9.17, 15) is 5.11 Å². The molecule has 0 radical (unpaired) electrons. The van der Waals surface area contributed by atoms with Crippen LogP contribution < -0.4 is 5.32 Å². The summed E-state index contributed by atoms with van der Waals surface area (Å²) in [6, 6.07) is 0. The summed E-state index contributed by atoms with van der Waals surface area (Å²) in [4.78, 5) is 0. The largest absolute Gasteiger partial charge is 0.389 e. The summed E-state index contributed by atoms with van der Waals surface area (Å²) in [6.07, 6.45) is 14.6. The van der Waals surface area contributed by atoms with E-state index in [0.29, 0.717) is 0 Å². The Morgan fingerprint density at radius 1 is 1.06 bits per heavy atom. The lowest BCUT2D eigenvalue weighted by Gasteiger charge is -2.28. The summed E-state index contributed by atoms with van der Waals surface area (Å²) >= 11 is 0. The zero-order chi connectivity index (χ0) is 12.4. The molecule has 18 heavy (non-hydrogen) atoms. The Kier molecular flexibility index (Phi) is 3.76. The van der Waals surface area contributed by atoms with Gasteiger partial charge < -0.3 is 10.4 Å². The number of nitrogens with one attached hydrogen (secondary N) is 1. The van der Waals surface area contributed by atoms with E-state index in [4.69, 9.17) is 0 Å². The first kappa shape index (κ1) is 12.7. The Labute approximate surface area is 111 Å². The van der Waals surface area contributed by atoms with Crippen molar-refractivity contribution in [3.05, 3.63) is 12.2 Å². The molecule has 2 nitrogen and oxygen atoms in total. The quantitative estimate of drug-likeness (QED) is 0.593. The van der Waals surface area contributed by atoms with Gasteiger partial charge in [-0.1, -0.05) is 37.8 Å². The third-order valence-electron chi connectivity index (χ3n) is 5.31. The Bertz CT molecular complexity index is 304. The van der Waals surface area contributed by atoms with E-state index in [1.165, 1.54) is 38.5 Å². The minimum atomic E-state index is -0.413. The van der Waals surface area contributed by atoms with Crippen LogP contribution in [-0.2, 0) is 0 Å². The van der Waals surface area contributed by atoms with Gasteiger partial charge in [0.05, 0.1) is 5.60 Å². The van der Waals surface area contributed by atoms with Gasteiger partial charge in [-0.15, -0.1) is 0 Å². The Morgan fingerprint density at radius 3 is 2.44 bits per heavy atom. The average molecular weight is 249 g/mol. The van der Waals surface area contributed by atoms with E-state index in [-0.39, 0.29) is 0 Å². The van der Waals surface area contributed by atoms with Crippen molar-refractivity contribution in [2.75, 3.05) is 13.1 Å². The third-order valence-corrected chi connectivity index (χ3v) is 5.31. The van der Waals surface area contributed by atoms with Crippen LogP contribution in [0.1, 0.15) is 51.4 Å². The molecule has 0 aromatic rings. The van der Waals surface area contributed by atoms with Crippen LogP contribution in [0, 0.1) is 17.8 Å². The maximum absolute atomic E-state index is 10.6. The predicted molar refractivity (Wildman–Crippen MR) is 74.4 cm³/mol. The summed E-state index contributed by atoms with van der Waals surface area (Å²) in [6.45, 7) is 1.92. The molecule has 0 aromatic carbocycles. The number of aliphatic hydroxyl groups is 1. The van der Waals surface area contributed by atoms with Crippen LogP contribution in [0.25, 0.3) is 0 Å². The third kappa shape index (κ3) is 2.80. The van der Waals surface area contributed by atoms with Crippen LogP contribution in [0.2, 0.25) is 0 Å². The molecule has 3 rings (SSSR count). The van der Waals surface area contributed by atoms with E-state index in [1.807, 2.05) is 0 Å². The molecule has 0 saturated heterocycles. The molecule has 2 heteroatoms. The lowest BCUT2D eigenvalue weighted by molar-refractivity contribution is 0.0243. The van der Waals surface area contributed by atoms with Crippen LogP contribution in [-0.4, -0.2) is 23.8 Å². The normalized spacial score (nSPS) is 37.9. The molecule has 102 valence electrons. The molecule has 0 spiro atoms. The molecule has 2 bridgehead atoms. The fourth-order valence-corrected chi connectivity index (χ4v) is 4.18. The van der Waals surface area contributed by atoms with Crippen molar-refractivity contribution in [2.24, 2.45) is 17.8 Å². The number of hydrogen-bond acceptors (Lipinski definition) is 2. The van der Waals surface area contributed by atoms with Crippen LogP contribution >= 0.6 is 0 Å². The lowest BCUT2D eigenvalue weighted by atomic mass is 9.92. The summed E-state index contributed by atoms with van der Waals surface area (Å²) in [5, 5.41) is 14.1. The van der Waals surface area contributed by atoms with Crippen molar-refractivity contribution in [1.29, 1.82) is 0 Å². The molecule has 3 aliphatic rings. The highest BCUT2D eigenvalue weighted by Gasteiger charge is 2.35. The molecule has 0 aromatic heterocycles. The van der Waals surface area contributed by atoms with Crippen molar-refractivity contribution in [1.82, 2.24) is 5.32 Å². The van der Waals surface area contributed by atoms with Crippen molar-refractivity contribution < 1.29 is 5.11 Å². The van der Waals surface area contributed by atoms with Gasteiger partial charge in [-0.05, 0) is 50.0 Å². The second-order valence-electron chi connectivity index (χ2n) is 6.81. The van der Waals surface area contributed by atoms with Gasteiger partial charge in [-0.2, -0.15) is 0 Å². The maximum atomic E-state index is 10.6. The summed E-state index contributed by atoms with van der Waals surface area (Å²) in [7, 11) is 0. The number of rotatable bonds is 4. The summed E-state index contributed by atoms with van der Waals surface area (Å²) in [5.74, 6) is 2.52. The molecule has 0 aliphatic heterocycles.